The van der Waals surface area contributed by atoms with Crippen LogP contribution in [0.1, 0.15) is 12.0 Å². The van der Waals surface area contributed by atoms with Crippen LogP contribution in [0.2, 0.25) is 0 Å². The van der Waals surface area contributed by atoms with E-state index < -0.39 is 0 Å². The number of ether oxygens (including phenoxy) is 1. The van der Waals surface area contributed by atoms with Crippen molar-refractivity contribution >= 4 is 18.5 Å². The third kappa shape index (κ3) is 2.44. The molecule has 1 spiro atoms. The van der Waals surface area contributed by atoms with Crippen molar-refractivity contribution in [2.75, 3.05) is 19.6 Å². The molecule has 1 N–H and O–H groups in total. The van der Waals surface area contributed by atoms with E-state index in [0.717, 1.165) is 25.1 Å². The van der Waals surface area contributed by atoms with Gasteiger partial charge < -0.3 is 10.1 Å². The van der Waals surface area contributed by atoms with Crippen LogP contribution in [0.5, 0.6) is 0 Å². The van der Waals surface area contributed by atoms with Gasteiger partial charge in [-0.2, -0.15) is 0 Å². The minimum Gasteiger partial charge on any atom is -0.439 e. The van der Waals surface area contributed by atoms with E-state index in [1.165, 1.54) is 0 Å². The summed E-state index contributed by atoms with van der Waals surface area (Å²) < 4.78 is 5.52. The average Bonchev–Trinajstić information content (AvgIpc) is 2.89. The zero-order valence-corrected chi connectivity index (χ0v) is 10.9. The van der Waals surface area contributed by atoms with Crippen molar-refractivity contribution in [2.45, 2.75) is 18.6 Å². The zero-order valence-electron chi connectivity index (χ0n) is 10.1. The van der Waals surface area contributed by atoms with Gasteiger partial charge >= 0.3 is 6.09 Å². The summed E-state index contributed by atoms with van der Waals surface area (Å²) in [5.74, 6) is 0. The van der Waals surface area contributed by atoms with Crippen molar-refractivity contribution in [3.05, 3.63) is 35.9 Å². The summed E-state index contributed by atoms with van der Waals surface area (Å²) in [6.07, 6.45) is 0.738. The van der Waals surface area contributed by atoms with E-state index in [1.54, 1.807) is 4.90 Å². The first-order chi connectivity index (χ1) is 8.27. The Morgan fingerprint density at radius 2 is 2.11 bits per heavy atom. The van der Waals surface area contributed by atoms with Crippen LogP contribution >= 0.6 is 12.4 Å². The van der Waals surface area contributed by atoms with Gasteiger partial charge in [0.15, 0.2) is 0 Å². The summed E-state index contributed by atoms with van der Waals surface area (Å²) in [7, 11) is 0. The van der Waals surface area contributed by atoms with Gasteiger partial charge in [0.2, 0.25) is 0 Å². The molecular weight excluding hydrogens is 252 g/mol. The molecule has 4 nitrogen and oxygen atoms in total. The van der Waals surface area contributed by atoms with Crippen LogP contribution in [0.3, 0.4) is 0 Å². The standard InChI is InChI=1S/C13H16N2O2.ClH/c16-12-15(8-11-4-2-1-3-5-11)10-13(17-12)6-7-14-9-13;/h1-5,14H,6-10H2;1H. The quantitative estimate of drug-likeness (QED) is 0.889. The predicted molar refractivity (Wildman–Crippen MR) is 70.8 cm³/mol. The number of hydrogen-bond donors (Lipinski definition) is 1. The molecule has 5 heteroatoms. The highest BCUT2D eigenvalue weighted by Gasteiger charge is 2.46. The topological polar surface area (TPSA) is 41.6 Å². The average molecular weight is 269 g/mol. The first-order valence-corrected chi connectivity index (χ1v) is 6.00. The molecule has 1 unspecified atom stereocenters. The molecule has 18 heavy (non-hydrogen) atoms. The Bertz CT molecular complexity index is 418. The van der Waals surface area contributed by atoms with Gasteiger partial charge in [-0.1, -0.05) is 30.3 Å². The Hall–Kier alpha value is -1.26. The fourth-order valence-electron chi connectivity index (χ4n) is 2.56. The fourth-order valence-corrected chi connectivity index (χ4v) is 2.56. The van der Waals surface area contributed by atoms with Gasteiger partial charge in [0.05, 0.1) is 6.54 Å². The molecule has 2 saturated heterocycles. The van der Waals surface area contributed by atoms with Crippen LogP contribution in [0.15, 0.2) is 30.3 Å². The molecule has 0 saturated carbocycles. The van der Waals surface area contributed by atoms with E-state index in [0.29, 0.717) is 13.1 Å². The van der Waals surface area contributed by atoms with E-state index in [4.69, 9.17) is 4.74 Å². The lowest BCUT2D eigenvalue weighted by molar-refractivity contribution is 0.0727. The lowest BCUT2D eigenvalue weighted by Crippen LogP contribution is -2.36. The number of carbonyl (C=O) groups excluding carboxylic acids is 1. The van der Waals surface area contributed by atoms with Gasteiger partial charge in [-0.3, -0.25) is 4.90 Å². The maximum Gasteiger partial charge on any atom is 0.410 e. The van der Waals surface area contributed by atoms with Crippen molar-refractivity contribution in [1.82, 2.24) is 10.2 Å². The molecule has 1 aromatic rings. The van der Waals surface area contributed by atoms with E-state index in [-0.39, 0.29) is 24.1 Å². The number of nitrogens with zero attached hydrogens (tertiary/aromatic N) is 1. The SMILES string of the molecule is Cl.O=C1OC2(CCNC2)CN1Cc1ccccc1. The highest BCUT2D eigenvalue weighted by atomic mass is 35.5. The van der Waals surface area contributed by atoms with Crippen molar-refractivity contribution in [2.24, 2.45) is 0 Å². The molecule has 2 aliphatic heterocycles. The molecule has 0 aliphatic carbocycles. The number of carbonyl (C=O) groups is 1. The second-order valence-corrected chi connectivity index (χ2v) is 4.82. The third-order valence-corrected chi connectivity index (χ3v) is 3.46. The maximum atomic E-state index is 11.8. The van der Waals surface area contributed by atoms with Gasteiger partial charge in [0.25, 0.3) is 0 Å². The fraction of sp³-hybridized carbons (Fsp3) is 0.462. The Kier molecular flexibility index (Phi) is 3.78. The van der Waals surface area contributed by atoms with Crippen LogP contribution < -0.4 is 5.32 Å². The Morgan fingerprint density at radius 3 is 2.78 bits per heavy atom. The number of nitrogens with one attached hydrogen (secondary N) is 1. The summed E-state index contributed by atoms with van der Waals surface area (Å²) in [6.45, 7) is 3.06. The smallest absolute Gasteiger partial charge is 0.410 e. The molecule has 1 amide bonds. The van der Waals surface area contributed by atoms with Crippen molar-refractivity contribution in [1.29, 1.82) is 0 Å². The van der Waals surface area contributed by atoms with Crippen molar-refractivity contribution in [3.63, 3.8) is 0 Å². The molecule has 2 aliphatic rings. The minimum absolute atomic E-state index is 0. The Labute approximate surface area is 113 Å². The summed E-state index contributed by atoms with van der Waals surface area (Å²) >= 11 is 0. The lowest BCUT2D eigenvalue weighted by atomic mass is 10.0. The monoisotopic (exact) mass is 268 g/mol. The summed E-state index contributed by atoms with van der Waals surface area (Å²) in [4.78, 5) is 13.6. The molecule has 98 valence electrons. The van der Waals surface area contributed by atoms with Crippen LogP contribution in [-0.2, 0) is 11.3 Å². The molecular formula is C13H17ClN2O2. The third-order valence-electron chi connectivity index (χ3n) is 3.46. The molecule has 3 rings (SSSR count). The van der Waals surface area contributed by atoms with E-state index in [2.05, 4.69) is 5.32 Å². The van der Waals surface area contributed by atoms with Gasteiger partial charge in [-0.25, -0.2) is 4.79 Å². The molecule has 0 bridgehead atoms. The van der Waals surface area contributed by atoms with Gasteiger partial charge in [-0.05, 0) is 12.1 Å². The zero-order chi connectivity index (χ0) is 11.7. The second kappa shape index (κ2) is 5.16. The second-order valence-electron chi connectivity index (χ2n) is 4.82. The molecule has 0 radical (unpaired) electrons. The van der Waals surface area contributed by atoms with Gasteiger partial charge in [0.1, 0.15) is 5.60 Å². The van der Waals surface area contributed by atoms with Crippen LogP contribution in [-0.4, -0.2) is 36.2 Å². The van der Waals surface area contributed by atoms with E-state index in [9.17, 15) is 4.79 Å². The predicted octanol–water partition coefficient (Wildman–Crippen LogP) is 1.79. The lowest BCUT2D eigenvalue weighted by Gasteiger charge is -2.19. The Balaban J connectivity index is 0.00000120. The van der Waals surface area contributed by atoms with Gasteiger partial charge in [-0.15, -0.1) is 12.4 Å². The molecule has 0 aromatic heterocycles. The number of rotatable bonds is 2. The minimum atomic E-state index is -0.272. The largest absolute Gasteiger partial charge is 0.439 e. The molecule has 1 aromatic carbocycles. The first kappa shape index (κ1) is 13.2. The number of benzene rings is 1. The summed E-state index contributed by atoms with van der Waals surface area (Å²) in [5.41, 5.74) is 0.874. The van der Waals surface area contributed by atoms with Crippen molar-refractivity contribution < 1.29 is 9.53 Å². The van der Waals surface area contributed by atoms with E-state index >= 15 is 0 Å². The number of amides is 1. The summed E-state index contributed by atoms with van der Waals surface area (Å²) in [5, 5.41) is 3.26. The number of halogens is 1. The maximum absolute atomic E-state index is 11.8. The molecule has 2 fully saturated rings. The first-order valence-electron chi connectivity index (χ1n) is 6.00. The summed E-state index contributed by atoms with van der Waals surface area (Å²) in [6, 6.07) is 10.0. The Morgan fingerprint density at radius 1 is 1.33 bits per heavy atom. The van der Waals surface area contributed by atoms with Crippen molar-refractivity contribution in [3.8, 4) is 0 Å². The number of hydrogen-bond acceptors (Lipinski definition) is 3. The molecule has 1 atom stereocenters. The highest BCUT2D eigenvalue weighted by Crippen LogP contribution is 2.29. The van der Waals surface area contributed by atoms with Crippen LogP contribution in [0, 0.1) is 0 Å². The van der Waals surface area contributed by atoms with E-state index in [1.807, 2.05) is 30.3 Å². The highest BCUT2D eigenvalue weighted by molar-refractivity contribution is 5.85. The van der Waals surface area contributed by atoms with Crippen LogP contribution in [0.4, 0.5) is 4.79 Å². The van der Waals surface area contributed by atoms with Gasteiger partial charge in [0, 0.05) is 19.5 Å². The normalized spacial score (nSPS) is 26.2. The molecule has 2 heterocycles. The van der Waals surface area contributed by atoms with Crippen LogP contribution in [0.25, 0.3) is 0 Å².